The summed E-state index contributed by atoms with van der Waals surface area (Å²) in [4.78, 5) is 68.9. The number of hydrogen-bond acceptors (Lipinski definition) is 8. The van der Waals surface area contributed by atoms with Crippen LogP contribution < -0.4 is 5.73 Å². The van der Waals surface area contributed by atoms with Crippen LogP contribution in [0.5, 0.6) is 0 Å². The molecule has 48 heavy (non-hydrogen) atoms. The number of rotatable bonds is 15. The molecule has 3 aliphatic carbocycles. The number of aryl methyl sites for hydroxylation is 1. The summed E-state index contributed by atoms with van der Waals surface area (Å²) in [6, 6.07) is 0.738. The lowest BCUT2D eigenvalue weighted by molar-refractivity contribution is -0.148. The number of nitrogens with two attached hydrogens (primary N) is 1. The van der Waals surface area contributed by atoms with E-state index in [1.807, 2.05) is 20.8 Å². The molecule has 1 aliphatic heterocycles. The van der Waals surface area contributed by atoms with E-state index in [1.165, 1.54) is 12.3 Å². The van der Waals surface area contributed by atoms with Crippen LogP contribution in [0.1, 0.15) is 111 Å². The van der Waals surface area contributed by atoms with Crippen molar-refractivity contribution in [3.8, 4) is 0 Å². The average Bonchev–Trinajstić information content (AvgIpc) is 3.73. The van der Waals surface area contributed by atoms with Gasteiger partial charge < -0.3 is 15.1 Å². The van der Waals surface area contributed by atoms with Crippen molar-refractivity contribution in [1.82, 2.24) is 4.90 Å². The Morgan fingerprint density at radius 2 is 1.69 bits per heavy atom. The van der Waals surface area contributed by atoms with Gasteiger partial charge in [0.05, 0.1) is 18.1 Å². The van der Waals surface area contributed by atoms with Crippen LogP contribution in [0.2, 0.25) is 0 Å². The summed E-state index contributed by atoms with van der Waals surface area (Å²) in [5.74, 6) is -3.32. The zero-order valence-corrected chi connectivity index (χ0v) is 30.3. The van der Waals surface area contributed by atoms with Crippen LogP contribution in [-0.2, 0) is 33.8 Å². The molecule has 2 amide bonds. The Balaban J connectivity index is 1.35. The molecule has 0 spiro atoms. The third-order valence-corrected chi connectivity index (χ3v) is 14.2. The van der Waals surface area contributed by atoms with Crippen LogP contribution in [-0.4, -0.2) is 60.8 Å². The fraction of sp³-hybridized carbons (Fsp3) is 0.757. The molecule has 2 unspecified atom stereocenters. The smallest absolute Gasteiger partial charge is 0.285 e. The normalized spacial score (nSPS) is 26.0. The standard InChI is InChI=1S/C37H54N2O8S/c1-22-29(12-15-47-22)48(45,46)21-37(13-8-7-9-14-37)19-25(40)18-26(35(2,3)4)34(44)39-20-27-30(36(27,5)6)31(39)28(41)17-24(16-23-10-11-23)32(42)33(38)43/h12,15,23-24,26-27,30-31H,7-11,13-14,16-21H2,1-6H3,(H2,38,43)/t24?,26-,27?,30+,31-/m1/s1. The number of Topliss-reactive ketones (excluding diaryl/α,β-unsaturated/α-hetero) is 3. The Hall–Kier alpha value is -2.82. The maximum atomic E-state index is 14.5. The average molecular weight is 687 g/mol. The summed E-state index contributed by atoms with van der Waals surface area (Å²) in [5, 5.41) is 0. The summed E-state index contributed by atoms with van der Waals surface area (Å²) < 4.78 is 32.3. The number of ketones is 3. The fourth-order valence-electron chi connectivity index (χ4n) is 9.02. The van der Waals surface area contributed by atoms with E-state index in [1.54, 1.807) is 11.8 Å². The first-order valence-corrected chi connectivity index (χ1v) is 19.4. The van der Waals surface area contributed by atoms with Gasteiger partial charge in [0, 0.05) is 37.6 Å². The molecule has 10 nitrogen and oxygen atoms in total. The fourth-order valence-corrected chi connectivity index (χ4v) is 11.1. The van der Waals surface area contributed by atoms with Crippen LogP contribution in [0.15, 0.2) is 21.6 Å². The largest absolute Gasteiger partial charge is 0.468 e. The van der Waals surface area contributed by atoms with E-state index in [9.17, 15) is 32.4 Å². The monoisotopic (exact) mass is 686 g/mol. The second-order valence-electron chi connectivity index (χ2n) is 17.2. The maximum absolute atomic E-state index is 14.5. The number of primary amides is 1. The quantitative estimate of drug-likeness (QED) is 0.245. The van der Waals surface area contributed by atoms with Gasteiger partial charge in [0.2, 0.25) is 11.7 Å². The second kappa shape index (κ2) is 13.1. The van der Waals surface area contributed by atoms with Crippen LogP contribution in [0.4, 0.5) is 0 Å². The van der Waals surface area contributed by atoms with Crippen molar-refractivity contribution < 1.29 is 36.8 Å². The first-order chi connectivity index (χ1) is 22.3. The van der Waals surface area contributed by atoms with Crippen LogP contribution in [0, 0.1) is 52.8 Å². The molecule has 5 rings (SSSR count). The number of hydrogen-bond donors (Lipinski definition) is 1. The number of sulfone groups is 1. The van der Waals surface area contributed by atoms with Gasteiger partial charge in [0.15, 0.2) is 15.6 Å². The molecular formula is C37H54N2O8S. The van der Waals surface area contributed by atoms with E-state index in [-0.39, 0.29) is 64.6 Å². The zero-order valence-electron chi connectivity index (χ0n) is 29.5. The molecule has 1 aromatic heterocycles. The number of amides is 2. The minimum atomic E-state index is -3.70. The van der Waals surface area contributed by atoms with Gasteiger partial charge in [0.25, 0.3) is 5.91 Å². The van der Waals surface area contributed by atoms with E-state index in [0.717, 1.165) is 32.1 Å². The predicted molar refractivity (Wildman–Crippen MR) is 179 cm³/mol. The highest BCUT2D eigenvalue weighted by Crippen LogP contribution is 2.65. The van der Waals surface area contributed by atoms with Crippen LogP contribution in [0.3, 0.4) is 0 Å². The Morgan fingerprint density at radius 1 is 1.04 bits per heavy atom. The van der Waals surface area contributed by atoms with Crippen molar-refractivity contribution in [1.29, 1.82) is 0 Å². The number of fused-ring (bicyclic) bond motifs is 1. The van der Waals surface area contributed by atoms with Crippen molar-refractivity contribution in [3.63, 3.8) is 0 Å². The molecule has 4 aliphatic rings. The van der Waals surface area contributed by atoms with Crippen molar-refractivity contribution in [2.45, 2.75) is 123 Å². The van der Waals surface area contributed by atoms with E-state index in [2.05, 4.69) is 13.8 Å². The lowest BCUT2D eigenvalue weighted by Crippen LogP contribution is -2.51. The SMILES string of the molecule is Cc1occc1S(=O)(=O)CC1(CC(=O)C[C@H](C(=O)N2CC3[C@@H]([C@H]2C(=O)CC(CC2CC2)C(=O)C(N)=O)C3(C)C)C(C)(C)C)CCCCC1. The number of nitrogens with zero attached hydrogens (tertiary/aromatic N) is 1. The molecule has 2 heterocycles. The number of carbonyl (C=O) groups excluding carboxylic acids is 5. The van der Waals surface area contributed by atoms with E-state index in [4.69, 9.17) is 10.2 Å². The third kappa shape index (κ3) is 7.50. The summed E-state index contributed by atoms with van der Waals surface area (Å²) in [6.07, 6.45) is 7.53. The first kappa shape index (κ1) is 36.5. The second-order valence-corrected chi connectivity index (χ2v) is 19.1. The van der Waals surface area contributed by atoms with Gasteiger partial charge in [-0.2, -0.15) is 0 Å². The Kier molecular flexibility index (Phi) is 9.98. The van der Waals surface area contributed by atoms with Gasteiger partial charge >= 0.3 is 0 Å². The van der Waals surface area contributed by atoms with Gasteiger partial charge in [-0.05, 0) is 66.3 Å². The minimum absolute atomic E-state index is 0.0462. The molecule has 0 bridgehead atoms. The predicted octanol–water partition coefficient (Wildman–Crippen LogP) is 5.24. The van der Waals surface area contributed by atoms with Gasteiger partial charge in [-0.15, -0.1) is 0 Å². The number of likely N-dealkylation sites (tertiary alicyclic amines) is 1. The summed E-state index contributed by atoms with van der Waals surface area (Å²) >= 11 is 0. The molecule has 11 heteroatoms. The molecule has 4 fully saturated rings. The maximum Gasteiger partial charge on any atom is 0.285 e. The number of piperidine rings is 1. The first-order valence-electron chi connectivity index (χ1n) is 17.7. The molecule has 1 aromatic rings. The highest BCUT2D eigenvalue weighted by molar-refractivity contribution is 7.91. The lowest BCUT2D eigenvalue weighted by atomic mass is 9.70. The van der Waals surface area contributed by atoms with Gasteiger partial charge in [0.1, 0.15) is 16.4 Å². The molecule has 266 valence electrons. The molecule has 5 atom stereocenters. The van der Waals surface area contributed by atoms with Crippen molar-refractivity contribution in [2.24, 2.45) is 51.6 Å². The lowest BCUT2D eigenvalue weighted by Gasteiger charge is -2.39. The molecule has 2 N–H and O–H groups in total. The molecular weight excluding hydrogens is 632 g/mol. The van der Waals surface area contributed by atoms with Crippen molar-refractivity contribution >= 4 is 39.0 Å². The summed E-state index contributed by atoms with van der Waals surface area (Å²) in [6.45, 7) is 12.0. The summed E-state index contributed by atoms with van der Waals surface area (Å²) in [7, 11) is -3.70. The highest BCUT2D eigenvalue weighted by Gasteiger charge is 2.69. The Morgan fingerprint density at radius 3 is 2.23 bits per heavy atom. The molecule has 3 saturated carbocycles. The van der Waals surface area contributed by atoms with E-state index in [0.29, 0.717) is 37.5 Å². The Labute approximate surface area is 285 Å². The van der Waals surface area contributed by atoms with Gasteiger partial charge in [-0.1, -0.05) is 66.7 Å². The highest BCUT2D eigenvalue weighted by atomic mass is 32.2. The van der Waals surface area contributed by atoms with Gasteiger partial charge in [-0.25, -0.2) is 8.42 Å². The summed E-state index contributed by atoms with van der Waals surface area (Å²) in [5.41, 5.74) is 3.89. The van der Waals surface area contributed by atoms with Crippen LogP contribution in [0.25, 0.3) is 0 Å². The van der Waals surface area contributed by atoms with E-state index >= 15 is 0 Å². The minimum Gasteiger partial charge on any atom is -0.468 e. The van der Waals surface area contributed by atoms with Crippen molar-refractivity contribution in [2.75, 3.05) is 12.3 Å². The number of furan rings is 1. The van der Waals surface area contributed by atoms with Crippen molar-refractivity contribution in [3.05, 3.63) is 18.1 Å². The number of carbonyl (C=O) groups is 5. The van der Waals surface area contributed by atoms with Gasteiger partial charge in [-0.3, -0.25) is 24.0 Å². The van der Waals surface area contributed by atoms with Crippen LogP contribution >= 0.6 is 0 Å². The zero-order chi connectivity index (χ0) is 35.4. The Bertz CT molecular complexity index is 1560. The topological polar surface area (TPSA) is 162 Å². The molecule has 0 radical (unpaired) electrons. The molecule has 0 aromatic carbocycles. The molecule has 1 saturated heterocycles. The van der Waals surface area contributed by atoms with E-state index < -0.39 is 50.2 Å². The third-order valence-electron chi connectivity index (χ3n) is 12.1.